The lowest BCUT2D eigenvalue weighted by molar-refractivity contribution is -0.133. The molecule has 112 valence electrons. The van der Waals surface area contributed by atoms with Crippen LogP contribution in [0.2, 0.25) is 0 Å². The molecule has 3 rings (SSSR count). The Bertz CT molecular complexity index is 592. The van der Waals surface area contributed by atoms with Gasteiger partial charge in [-0.1, -0.05) is 26.0 Å². The number of aryl methyl sites for hydroxylation is 1. The summed E-state index contributed by atoms with van der Waals surface area (Å²) in [7, 11) is 0. The fourth-order valence-electron chi connectivity index (χ4n) is 3.27. The average molecular weight is 286 g/mol. The average Bonchev–Trinajstić information content (AvgIpc) is 2.86. The summed E-state index contributed by atoms with van der Waals surface area (Å²) in [5, 5.41) is 0. The Morgan fingerprint density at radius 3 is 2.71 bits per heavy atom. The van der Waals surface area contributed by atoms with E-state index >= 15 is 0 Å². The number of hydrogen-bond acceptors (Lipinski definition) is 3. The lowest BCUT2D eigenvalue weighted by atomic mass is 9.91. The SMILES string of the molecule is CC1CC(C)CN(C(=O)CCc2nc3ccccc3o2)C1. The normalized spacial score (nSPS) is 22.7. The van der Waals surface area contributed by atoms with Crippen LogP contribution in [0.3, 0.4) is 0 Å². The number of carbonyl (C=O) groups excluding carboxylic acids is 1. The summed E-state index contributed by atoms with van der Waals surface area (Å²) in [5.74, 6) is 2.07. The summed E-state index contributed by atoms with van der Waals surface area (Å²) in [4.78, 5) is 18.8. The molecule has 0 bridgehead atoms. The van der Waals surface area contributed by atoms with Gasteiger partial charge >= 0.3 is 0 Å². The third-order valence-electron chi connectivity index (χ3n) is 4.11. The molecule has 2 aromatic rings. The molecule has 0 aliphatic carbocycles. The Labute approximate surface area is 125 Å². The first kappa shape index (κ1) is 14.1. The Hall–Kier alpha value is -1.84. The molecule has 2 atom stereocenters. The zero-order valence-corrected chi connectivity index (χ0v) is 12.7. The lowest BCUT2D eigenvalue weighted by Gasteiger charge is -2.35. The van der Waals surface area contributed by atoms with E-state index in [-0.39, 0.29) is 5.91 Å². The van der Waals surface area contributed by atoms with Gasteiger partial charge in [0.2, 0.25) is 5.91 Å². The number of oxazole rings is 1. The molecule has 2 heterocycles. The number of piperidine rings is 1. The number of likely N-dealkylation sites (tertiary alicyclic amines) is 1. The Kier molecular flexibility index (Phi) is 3.95. The van der Waals surface area contributed by atoms with E-state index in [4.69, 9.17) is 4.42 Å². The molecule has 0 saturated carbocycles. The van der Waals surface area contributed by atoms with Gasteiger partial charge in [-0.25, -0.2) is 4.98 Å². The van der Waals surface area contributed by atoms with Crippen LogP contribution in [0.15, 0.2) is 28.7 Å². The highest BCUT2D eigenvalue weighted by molar-refractivity contribution is 5.77. The van der Waals surface area contributed by atoms with Gasteiger partial charge in [0.15, 0.2) is 11.5 Å². The van der Waals surface area contributed by atoms with E-state index in [9.17, 15) is 4.79 Å². The van der Waals surface area contributed by atoms with E-state index in [0.717, 1.165) is 24.2 Å². The molecule has 1 aliphatic heterocycles. The summed E-state index contributed by atoms with van der Waals surface area (Å²) >= 11 is 0. The van der Waals surface area contributed by atoms with Gasteiger partial charge in [-0.05, 0) is 30.4 Å². The van der Waals surface area contributed by atoms with E-state index < -0.39 is 0 Å². The number of benzene rings is 1. The first-order valence-corrected chi connectivity index (χ1v) is 7.74. The topological polar surface area (TPSA) is 46.3 Å². The van der Waals surface area contributed by atoms with Crippen LogP contribution in [0.25, 0.3) is 11.1 Å². The van der Waals surface area contributed by atoms with Crippen molar-refractivity contribution in [2.75, 3.05) is 13.1 Å². The molecule has 4 heteroatoms. The maximum absolute atomic E-state index is 12.3. The molecule has 0 radical (unpaired) electrons. The van der Waals surface area contributed by atoms with Crippen LogP contribution < -0.4 is 0 Å². The number of carbonyl (C=O) groups is 1. The second-order valence-corrected chi connectivity index (χ2v) is 6.32. The minimum atomic E-state index is 0.218. The molecule has 0 N–H and O–H groups in total. The zero-order valence-electron chi connectivity index (χ0n) is 12.7. The van der Waals surface area contributed by atoms with E-state index in [1.54, 1.807) is 0 Å². The second-order valence-electron chi connectivity index (χ2n) is 6.32. The minimum absolute atomic E-state index is 0.218. The zero-order chi connectivity index (χ0) is 14.8. The van der Waals surface area contributed by atoms with Gasteiger partial charge in [0.1, 0.15) is 5.52 Å². The van der Waals surface area contributed by atoms with Crippen LogP contribution in [0.1, 0.15) is 32.6 Å². The Balaban J connectivity index is 1.60. The summed E-state index contributed by atoms with van der Waals surface area (Å²) in [6, 6.07) is 7.70. The highest BCUT2D eigenvalue weighted by atomic mass is 16.3. The Morgan fingerprint density at radius 1 is 1.29 bits per heavy atom. The molecular weight excluding hydrogens is 264 g/mol. The molecule has 0 spiro atoms. The van der Waals surface area contributed by atoms with Crippen molar-refractivity contribution < 1.29 is 9.21 Å². The van der Waals surface area contributed by atoms with Crippen molar-refractivity contribution in [2.45, 2.75) is 33.1 Å². The van der Waals surface area contributed by atoms with Crippen molar-refractivity contribution in [1.29, 1.82) is 0 Å². The van der Waals surface area contributed by atoms with Crippen molar-refractivity contribution in [3.8, 4) is 0 Å². The van der Waals surface area contributed by atoms with Crippen LogP contribution in [0, 0.1) is 11.8 Å². The minimum Gasteiger partial charge on any atom is -0.441 e. The van der Waals surface area contributed by atoms with Crippen LogP contribution in [-0.2, 0) is 11.2 Å². The first-order valence-electron chi connectivity index (χ1n) is 7.74. The smallest absolute Gasteiger partial charge is 0.223 e. The second kappa shape index (κ2) is 5.88. The summed E-state index contributed by atoms with van der Waals surface area (Å²) in [5.41, 5.74) is 1.65. The summed E-state index contributed by atoms with van der Waals surface area (Å²) < 4.78 is 5.67. The molecule has 1 aromatic carbocycles. The van der Waals surface area contributed by atoms with Crippen molar-refractivity contribution in [3.05, 3.63) is 30.2 Å². The number of fused-ring (bicyclic) bond motifs is 1. The molecule has 1 amide bonds. The van der Waals surface area contributed by atoms with E-state index in [2.05, 4.69) is 18.8 Å². The molecule has 21 heavy (non-hydrogen) atoms. The molecule has 4 nitrogen and oxygen atoms in total. The van der Waals surface area contributed by atoms with Crippen LogP contribution in [0.5, 0.6) is 0 Å². The number of amides is 1. The van der Waals surface area contributed by atoms with Crippen LogP contribution >= 0.6 is 0 Å². The molecule has 1 fully saturated rings. The maximum atomic E-state index is 12.3. The molecule has 1 saturated heterocycles. The number of nitrogens with zero attached hydrogens (tertiary/aromatic N) is 2. The molecular formula is C17H22N2O2. The summed E-state index contributed by atoms with van der Waals surface area (Å²) in [6.45, 7) is 6.21. The fraction of sp³-hybridized carbons (Fsp3) is 0.529. The quantitative estimate of drug-likeness (QED) is 0.870. The highest BCUT2D eigenvalue weighted by Crippen LogP contribution is 2.22. The lowest BCUT2D eigenvalue weighted by Crippen LogP contribution is -2.42. The van der Waals surface area contributed by atoms with Gasteiger partial charge in [0.25, 0.3) is 0 Å². The first-order chi connectivity index (χ1) is 10.1. The number of para-hydroxylation sites is 2. The largest absolute Gasteiger partial charge is 0.441 e. The van der Waals surface area contributed by atoms with Crippen molar-refractivity contribution >= 4 is 17.0 Å². The van der Waals surface area contributed by atoms with Gasteiger partial charge in [-0.15, -0.1) is 0 Å². The van der Waals surface area contributed by atoms with E-state index in [1.807, 2.05) is 29.2 Å². The Morgan fingerprint density at radius 2 is 2.00 bits per heavy atom. The molecule has 1 aliphatic rings. The third kappa shape index (κ3) is 3.26. The predicted octanol–water partition coefficient (Wildman–Crippen LogP) is 3.26. The van der Waals surface area contributed by atoms with Gasteiger partial charge in [-0.2, -0.15) is 0 Å². The van der Waals surface area contributed by atoms with Crippen LogP contribution in [-0.4, -0.2) is 28.9 Å². The third-order valence-corrected chi connectivity index (χ3v) is 4.11. The predicted molar refractivity (Wildman–Crippen MR) is 81.9 cm³/mol. The standard InChI is InChI=1S/C17H22N2O2/c1-12-9-13(2)11-19(10-12)17(20)8-7-16-18-14-5-3-4-6-15(14)21-16/h3-6,12-13H,7-11H2,1-2H3. The number of rotatable bonds is 3. The monoisotopic (exact) mass is 286 g/mol. The molecule has 1 aromatic heterocycles. The number of aromatic nitrogens is 1. The van der Waals surface area contributed by atoms with Gasteiger partial charge in [0, 0.05) is 25.9 Å². The van der Waals surface area contributed by atoms with E-state index in [0.29, 0.717) is 30.6 Å². The van der Waals surface area contributed by atoms with Crippen molar-refractivity contribution in [3.63, 3.8) is 0 Å². The van der Waals surface area contributed by atoms with Gasteiger partial charge in [-0.3, -0.25) is 4.79 Å². The van der Waals surface area contributed by atoms with Crippen LogP contribution in [0.4, 0.5) is 0 Å². The van der Waals surface area contributed by atoms with Gasteiger partial charge in [0.05, 0.1) is 0 Å². The van der Waals surface area contributed by atoms with Crippen molar-refractivity contribution in [1.82, 2.24) is 9.88 Å². The highest BCUT2D eigenvalue weighted by Gasteiger charge is 2.25. The fourth-order valence-corrected chi connectivity index (χ4v) is 3.27. The number of hydrogen-bond donors (Lipinski definition) is 0. The van der Waals surface area contributed by atoms with E-state index in [1.165, 1.54) is 6.42 Å². The van der Waals surface area contributed by atoms with Gasteiger partial charge < -0.3 is 9.32 Å². The summed E-state index contributed by atoms with van der Waals surface area (Å²) in [6.07, 6.45) is 2.27. The molecule has 2 unspecified atom stereocenters. The maximum Gasteiger partial charge on any atom is 0.223 e. The van der Waals surface area contributed by atoms with Crippen molar-refractivity contribution in [2.24, 2.45) is 11.8 Å².